The number of piperazine rings is 1. The first-order chi connectivity index (χ1) is 13.6. The Kier molecular flexibility index (Phi) is 5.73. The molecule has 1 amide bonds. The van der Waals surface area contributed by atoms with Gasteiger partial charge >= 0.3 is 0 Å². The molecule has 1 atom stereocenters. The highest BCUT2D eigenvalue weighted by Gasteiger charge is 2.34. The number of aromatic hydroxyl groups is 1. The van der Waals surface area contributed by atoms with Crippen molar-refractivity contribution in [1.29, 1.82) is 0 Å². The minimum atomic E-state index is -0.241. The van der Waals surface area contributed by atoms with Crippen molar-refractivity contribution in [2.24, 2.45) is 0 Å². The lowest BCUT2D eigenvalue weighted by Gasteiger charge is -2.34. The number of anilines is 1. The number of rotatable bonds is 4. The molecule has 0 unspecified atom stereocenters. The molecular weight excluding hydrogens is 377 g/mol. The number of benzene rings is 2. The zero-order chi connectivity index (χ0) is 19.5. The third-order valence-corrected chi connectivity index (χ3v) is 6.71. The quantitative estimate of drug-likeness (QED) is 0.814. The van der Waals surface area contributed by atoms with E-state index in [1.807, 2.05) is 23.1 Å². The molecule has 0 radical (unpaired) electrons. The number of quaternary nitrogens is 1. The molecule has 0 aliphatic carbocycles. The smallest absolute Gasteiger partial charge is 0.278 e. The number of hydrogen-bond donors (Lipinski definition) is 2. The second-order valence-electron chi connectivity index (χ2n) is 7.26. The second-order valence-corrected chi connectivity index (χ2v) is 8.45. The first-order valence-electron chi connectivity index (χ1n) is 9.65. The molecule has 2 aromatic carbocycles. The molecule has 0 saturated carbocycles. The van der Waals surface area contributed by atoms with Gasteiger partial charge in [-0.15, -0.1) is 11.8 Å². The van der Waals surface area contributed by atoms with Crippen molar-refractivity contribution < 1.29 is 19.2 Å². The second kappa shape index (κ2) is 8.41. The Morgan fingerprint density at radius 2 is 1.82 bits per heavy atom. The van der Waals surface area contributed by atoms with Crippen LogP contribution in [0.15, 0.2) is 48.5 Å². The zero-order valence-electron chi connectivity index (χ0n) is 15.7. The third-order valence-electron chi connectivity index (χ3n) is 5.47. The lowest BCUT2D eigenvalue weighted by Crippen LogP contribution is -3.15. The van der Waals surface area contributed by atoms with Gasteiger partial charge in [0.2, 0.25) is 0 Å². The molecule has 0 aromatic heterocycles. The Labute approximate surface area is 168 Å². The Hall–Kier alpha value is -2.25. The molecule has 148 valence electrons. The number of carbonyl (C=O) groups excluding carboxylic acids is 1. The van der Waals surface area contributed by atoms with Gasteiger partial charge in [-0.25, -0.2) is 4.39 Å². The number of amides is 1. The number of halogens is 1. The number of carbonyl (C=O) groups is 1. The molecule has 2 aromatic rings. The highest BCUT2D eigenvalue weighted by atomic mass is 32.2. The molecule has 2 heterocycles. The fourth-order valence-corrected chi connectivity index (χ4v) is 5.19. The van der Waals surface area contributed by atoms with E-state index >= 15 is 0 Å². The Morgan fingerprint density at radius 3 is 2.54 bits per heavy atom. The molecule has 2 N–H and O–H groups in total. The molecule has 4 rings (SSSR count). The predicted molar refractivity (Wildman–Crippen MR) is 109 cm³/mol. The van der Waals surface area contributed by atoms with E-state index in [1.54, 1.807) is 36.0 Å². The van der Waals surface area contributed by atoms with E-state index in [2.05, 4.69) is 4.90 Å². The summed E-state index contributed by atoms with van der Waals surface area (Å²) in [6, 6.07) is 14.0. The van der Waals surface area contributed by atoms with Gasteiger partial charge in [-0.1, -0.05) is 18.2 Å². The molecule has 28 heavy (non-hydrogen) atoms. The van der Waals surface area contributed by atoms with E-state index in [9.17, 15) is 14.3 Å². The van der Waals surface area contributed by atoms with Crippen LogP contribution in [-0.2, 0) is 4.79 Å². The maximum Gasteiger partial charge on any atom is 0.278 e. The SMILES string of the molecule is O=C(C[NH+]1CCN(c2ccc(O)cc2)CC1)N1CCS[C@H]1c1ccccc1F. The lowest BCUT2D eigenvalue weighted by molar-refractivity contribution is -0.892. The summed E-state index contributed by atoms with van der Waals surface area (Å²) >= 11 is 1.63. The van der Waals surface area contributed by atoms with Gasteiger partial charge < -0.3 is 19.8 Å². The molecule has 2 aliphatic heterocycles. The van der Waals surface area contributed by atoms with Crippen molar-refractivity contribution in [1.82, 2.24) is 4.90 Å². The van der Waals surface area contributed by atoms with E-state index in [-0.39, 0.29) is 22.8 Å². The van der Waals surface area contributed by atoms with Crippen LogP contribution in [0.4, 0.5) is 10.1 Å². The summed E-state index contributed by atoms with van der Waals surface area (Å²) in [6.45, 7) is 4.65. The summed E-state index contributed by atoms with van der Waals surface area (Å²) in [5.41, 5.74) is 1.70. The molecule has 0 spiro atoms. The van der Waals surface area contributed by atoms with Crippen LogP contribution in [0.5, 0.6) is 5.75 Å². The van der Waals surface area contributed by atoms with Crippen LogP contribution in [0, 0.1) is 5.82 Å². The molecule has 0 bridgehead atoms. The van der Waals surface area contributed by atoms with Gasteiger partial charge in [-0.3, -0.25) is 4.79 Å². The summed E-state index contributed by atoms with van der Waals surface area (Å²) in [6.07, 6.45) is 0. The summed E-state index contributed by atoms with van der Waals surface area (Å²) < 4.78 is 14.2. The van der Waals surface area contributed by atoms with Crippen LogP contribution < -0.4 is 9.80 Å². The number of thioether (sulfide) groups is 1. The van der Waals surface area contributed by atoms with Crippen molar-refractivity contribution in [3.05, 3.63) is 59.9 Å². The molecule has 5 nitrogen and oxygen atoms in total. The maximum absolute atomic E-state index is 14.2. The van der Waals surface area contributed by atoms with Gasteiger partial charge in [0.1, 0.15) is 16.9 Å². The molecular formula is C21H25FN3O2S+. The van der Waals surface area contributed by atoms with Gasteiger partial charge in [-0.2, -0.15) is 0 Å². The number of hydrogen-bond acceptors (Lipinski definition) is 4. The van der Waals surface area contributed by atoms with E-state index < -0.39 is 0 Å². The Bertz CT molecular complexity index is 825. The van der Waals surface area contributed by atoms with Crippen LogP contribution in [0.1, 0.15) is 10.9 Å². The normalized spacial score (nSPS) is 20.5. The summed E-state index contributed by atoms with van der Waals surface area (Å²) in [7, 11) is 0. The molecule has 2 fully saturated rings. The minimum Gasteiger partial charge on any atom is -0.508 e. The van der Waals surface area contributed by atoms with Gasteiger partial charge in [-0.05, 0) is 30.3 Å². The first-order valence-corrected chi connectivity index (χ1v) is 10.7. The third kappa shape index (κ3) is 4.10. The van der Waals surface area contributed by atoms with Gasteiger partial charge in [0.05, 0.1) is 26.2 Å². The number of phenolic OH excluding ortho intramolecular Hbond substituents is 1. The average Bonchev–Trinajstić information content (AvgIpc) is 3.19. The van der Waals surface area contributed by atoms with Crippen LogP contribution in [0.2, 0.25) is 0 Å². The molecule has 2 saturated heterocycles. The van der Waals surface area contributed by atoms with E-state index in [0.717, 1.165) is 37.6 Å². The van der Waals surface area contributed by atoms with Crippen LogP contribution in [-0.4, -0.2) is 60.9 Å². The number of nitrogens with zero attached hydrogens (tertiary/aromatic N) is 2. The maximum atomic E-state index is 14.2. The molecule has 7 heteroatoms. The minimum absolute atomic E-state index is 0.103. The fourth-order valence-electron chi connectivity index (χ4n) is 3.90. The van der Waals surface area contributed by atoms with Crippen molar-refractivity contribution in [2.45, 2.75) is 5.37 Å². The lowest BCUT2D eigenvalue weighted by atomic mass is 10.2. The van der Waals surface area contributed by atoms with Crippen molar-refractivity contribution in [3.63, 3.8) is 0 Å². The highest BCUT2D eigenvalue weighted by molar-refractivity contribution is 7.99. The Balaban J connectivity index is 1.34. The van der Waals surface area contributed by atoms with E-state index in [4.69, 9.17) is 0 Å². The molecule has 2 aliphatic rings. The van der Waals surface area contributed by atoms with Crippen molar-refractivity contribution >= 4 is 23.4 Å². The van der Waals surface area contributed by atoms with Crippen LogP contribution in [0.3, 0.4) is 0 Å². The van der Waals surface area contributed by atoms with Crippen LogP contribution in [0.25, 0.3) is 0 Å². The summed E-state index contributed by atoms with van der Waals surface area (Å²) in [5.74, 6) is 0.974. The highest BCUT2D eigenvalue weighted by Crippen LogP contribution is 2.38. The van der Waals surface area contributed by atoms with Gasteiger partial charge in [0, 0.05) is 23.5 Å². The predicted octanol–water partition coefficient (Wildman–Crippen LogP) is 1.51. The largest absolute Gasteiger partial charge is 0.508 e. The van der Waals surface area contributed by atoms with Crippen molar-refractivity contribution in [2.75, 3.05) is 49.9 Å². The average molecular weight is 403 g/mol. The van der Waals surface area contributed by atoms with Gasteiger partial charge in [0.25, 0.3) is 5.91 Å². The monoisotopic (exact) mass is 402 g/mol. The fraction of sp³-hybridized carbons (Fsp3) is 0.381. The number of nitrogens with one attached hydrogen (secondary N) is 1. The summed E-state index contributed by atoms with van der Waals surface area (Å²) in [5, 5.41) is 9.21. The van der Waals surface area contributed by atoms with Crippen molar-refractivity contribution in [3.8, 4) is 5.75 Å². The topological polar surface area (TPSA) is 48.2 Å². The van der Waals surface area contributed by atoms with E-state index in [0.29, 0.717) is 18.7 Å². The van der Waals surface area contributed by atoms with Crippen LogP contribution >= 0.6 is 11.8 Å². The van der Waals surface area contributed by atoms with Gasteiger partial charge in [0.15, 0.2) is 6.54 Å². The number of phenols is 1. The first kappa shape index (κ1) is 19.1. The standard InChI is InChI=1S/C21H24FN3O2S/c22-19-4-2-1-3-18(19)21-25(13-14-28-21)20(27)15-23-9-11-24(12-10-23)16-5-7-17(26)8-6-16/h1-8,21,26H,9-15H2/p+1/t21-/m0/s1. The Morgan fingerprint density at radius 1 is 1.11 bits per heavy atom. The van der Waals surface area contributed by atoms with E-state index in [1.165, 1.54) is 11.0 Å². The zero-order valence-corrected chi connectivity index (χ0v) is 16.5. The summed E-state index contributed by atoms with van der Waals surface area (Å²) in [4.78, 5) is 18.3.